The van der Waals surface area contributed by atoms with Crippen LogP contribution in [-0.2, 0) is 6.18 Å². The van der Waals surface area contributed by atoms with Crippen molar-refractivity contribution in [1.29, 1.82) is 0 Å². The number of nitrogens with zero attached hydrogens (tertiary/aromatic N) is 2. The lowest BCUT2D eigenvalue weighted by atomic mass is 10.0. The van der Waals surface area contributed by atoms with Gasteiger partial charge in [0.1, 0.15) is 11.9 Å². The van der Waals surface area contributed by atoms with Crippen molar-refractivity contribution in [2.45, 2.75) is 12.3 Å². The smallest absolute Gasteiger partial charge is 0.382 e. The minimum atomic E-state index is -4.68. The molecule has 19 heavy (non-hydrogen) atoms. The van der Waals surface area contributed by atoms with Gasteiger partial charge in [-0.25, -0.2) is 4.39 Å². The second kappa shape index (κ2) is 4.93. The number of hydrogen-bond acceptors (Lipinski definition) is 3. The van der Waals surface area contributed by atoms with E-state index in [4.69, 9.17) is 0 Å². The first-order chi connectivity index (χ1) is 8.88. The van der Waals surface area contributed by atoms with E-state index in [0.29, 0.717) is 12.1 Å². The van der Waals surface area contributed by atoms with E-state index in [2.05, 4.69) is 9.97 Å². The summed E-state index contributed by atoms with van der Waals surface area (Å²) in [6.07, 6.45) is -2.32. The molecule has 0 saturated carbocycles. The molecule has 3 nitrogen and oxygen atoms in total. The maximum atomic E-state index is 13.2. The van der Waals surface area contributed by atoms with E-state index < -0.39 is 23.7 Å². The summed E-state index contributed by atoms with van der Waals surface area (Å²) in [7, 11) is 0. The van der Waals surface area contributed by atoms with E-state index >= 15 is 0 Å². The SMILES string of the molecule is OC(c1cc(F)cc(C(F)(F)F)c1)c1cnccn1. The average molecular weight is 272 g/mol. The molecule has 2 aromatic rings. The van der Waals surface area contributed by atoms with Crippen LogP contribution in [0.2, 0.25) is 0 Å². The van der Waals surface area contributed by atoms with Crippen LogP contribution < -0.4 is 0 Å². The standard InChI is InChI=1S/C12H8F4N2O/c13-9-4-7(3-8(5-9)12(14,15)16)11(19)10-6-17-1-2-18-10/h1-6,11,19H. The fraction of sp³-hybridized carbons (Fsp3) is 0.167. The highest BCUT2D eigenvalue weighted by Gasteiger charge is 2.32. The van der Waals surface area contributed by atoms with Crippen molar-refractivity contribution in [1.82, 2.24) is 9.97 Å². The number of hydrogen-bond donors (Lipinski definition) is 1. The van der Waals surface area contributed by atoms with Gasteiger partial charge in [0.25, 0.3) is 0 Å². The van der Waals surface area contributed by atoms with E-state index in [0.717, 1.165) is 6.07 Å². The molecule has 0 saturated heterocycles. The Bertz CT molecular complexity index is 572. The molecule has 0 spiro atoms. The van der Waals surface area contributed by atoms with Crippen molar-refractivity contribution in [2.75, 3.05) is 0 Å². The van der Waals surface area contributed by atoms with Crippen molar-refractivity contribution in [3.63, 3.8) is 0 Å². The first-order valence-corrected chi connectivity index (χ1v) is 5.19. The highest BCUT2D eigenvalue weighted by atomic mass is 19.4. The summed E-state index contributed by atoms with van der Waals surface area (Å²) in [5.74, 6) is -1.08. The Balaban J connectivity index is 2.43. The van der Waals surface area contributed by atoms with Gasteiger partial charge in [0.05, 0.1) is 17.5 Å². The molecule has 0 radical (unpaired) electrons. The van der Waals surface area contributed by atoms with Gasteiger partial charge in [-0.05, 0) is 23.8 Å². The second-order valence-electron chi connectivity index (χ2n) is 3.80. The highest BCUT2D eigenvalue weighted by Crippen LogP contribution is 2.32. The van der Waals surface area contributed by atoms with Gasteiger partial charge < -0.3 is 5.11 Å². The topological polar surface area (TPSA) is 46.0 Å². The van der Waals surface area contributed by atoms with Gasteiger partial charge in [0.2, 0.25) is 0 Å². The Morgan fingerprint density at radius 3 is 2.42 bits per heavy atom. The zero-order valence-corrected chi connectivity index (χ0v) is 9.39. The second-order valence-corrected chi connectivity index (χ2v) is 3.80. The van der Waals surface area contributed by atoms with Gasteiger partial charge >= 0.3 is 6.18 Å². The Morgan fingerprint density at radius 1 is 1.11 bits per heavy atom. The molecule has 0 aliphatic rings. The molecule has 1 heterocycles. The number of halogens is 4. The van der Waals surface area contributed by atoms with Crippen LogP contribution in [-0.4, -0.2) is 15.1 Å². The number of benzene rings is 1. The molecule has 1 aromatic carbocycles. The molecule has 100 valence electrons. The number of aliphatic hydroxyl groups is 1. The van der Waals surface area contributed by atoms with Crippen molar-refractivity contribution in [2.24, 2.45) is 0 Å². The Morgan fingerprint density at radius 2 is 1.84 bits per heavy atom. The highest BCUT2D eigenvalue weighted by molar-refractivity contribution is 5.31. The number of alkyl halides is 3. The van der Waals surface area contributed by atoms with Crippen LogP contribution in [0.3, 0.4) is 0 Å². The van der Waals surface area contributed by atoms with Gasteiger partial charge in [-0.15, -0.1) is 0 Å². The number of aromatic nitrogens is 2. The van der Waals surface area contributed by atoms with Gasteiger partial charge in [0, 0.05) is 12.4 Å². The van der Waals surface area contributed by atoms with E-state index in [1.54, 1.807) is 0 Å². The molecular formula is C12H8F4N2O. The lowest BCUT2D eigenvalue weighted by Gasteiger charge is -2.13. The zero-order valence-electron chi connectivity index (χ0n) is 9.39. The fourth-order valence-electron chi connectivity index (χ4n) is 1.56. The van der Waals surface area contributed by atoms with E-state index in [-0.39, 0.29) is 11.3 Å². The summed E-state index contributed by atoms with van der Waals surface area (Å²) >= 11 is 0. The molecule has 7 heteroatoms. The van der Waals surface area contributed by atoms with E-state index in [9.17, 15) is 22.7 Å². The van der Waals surface area contributed by atoms with Crippen LogP contribution in [0, 0.1) is 5.82 Å². The lowest BCUT2D eigenvalue weighted by Crippen LogP contribution is -2.09. The van der Waals surface area contributed by atoms with Crippen LogP contribution >= 0.6 is 0 Å². The predicted octanol–water partition coefficient (Wildman–Crippen LogP) is 2.72. The largest absolute Gasteiger partial charge is 0.416 e. The molecule has 0 aliphatic heterocycles. The van der Waals surface area contributed by atoms with Gasteiger partial charge in [0.15, 0.2) is 0 Å². The zero-order chi connectivity index (χ0) is 14.0. The summed E-state index contributed by atoms with van der Waals surface area (Å²) in [6.45, 7) is 0. The maximum absolute atomic E-state index is 13.2. The summed E-state index contributed by atoms with van der Waals surface area (Å²) in [5, 5.41) is 9.87. The van der Waals surface area contributed by atoms with Crippen LogP contribution in [0.4, 0.5) is 17.6 Å². The van der Waals surface area contributed by atoms with Crippen LogP contribution in [0.15, 0.2) is 36.8 Å². The molecule has 0 aliphatic carbocycles. The van der Waals surface area contributed by atoms with Crippen LogP contribution in [0.1, 0.15) is 22.9 Å². The first-order valence-electron chi connectivity index (χ1n) is 5.19. The number of aliphatic hydroxyl groups excluding tert-OH is 1. The fourth-order valence-corrected chi connectivity index (χ4v) is 1.56. The first kappa shape index (κ1) is 13.4. The van der Waals surface area contributed by atoms with Gasteiger partial charge in [-0.1, -0.05) is 0 Å². The average Bonchev–Trinajstić information content (AvgIpc) is 2.37. The lowest BCUT2D eigenvalue weighted by molar-refractivity contribution is -0.137. The quantitative estimate of drug-likeness (QED) is 0.855. The Kier molecular flexibility index (Phi) is 3.48. The molecular weight excluding hydrogens is 264 g/mol. The molecule has 0 amide bonds. The molecule has 1 atom stereocenters. The van der Waals surface area contributed by atoms with Crippen LogP contribution in [0.25, 0.3) is 0 Å². The molecule has 2 rings (SSSR count). The monoisotopic (exact) mass is 272 g/mol. The predicted molar refractivity (Wildman–Crippen MR) is 57.5 cm³/mol. The minimum Gasteiger partial charge on any atom is -0.382 e. The summed E-state index contributed by atoms with van der Waals surface area (Å²) < 4.78 is 50.8. The normalized spacial score (nSPS) is 13.3. The Labute approximate surface area is 105 Å². The third-order valence-electron chi connectivity index (χ3n) is 2.43. The van der Waals surface area contributed by atoms with Gasteiger partial charge in [-0.2, -0.15) is 13.2 Å². The van der Waals surface area contributed by atoms with Gasteiger partial charge in [-0.3, -0.25) is 9.97 Å². The Hall–Kier alpha value is -2.02. The van der Waals surface area contributed by atoms with E-state index in [1.165, 1.54) is 18.6 Å². The molecule has 1 unspecified atom stereocenters. The van der Waals surface area contributed by atoms with Crippen molar-refractivity contribution >= 4 is 0 Å². The summed E-state index contributed by atoms with van der Waals surface area (Å²) in [6, 6.07) is 1.88. The molecule has 1 N–H and O–H groups in total. The van der Waals surface area contributed by atoms with Crippen molar-refractivity contribution in [3.05, 3.63) is 59.4 Å². The van der Waals surface area contributed by atoms with Crippen molar-refractivity contribution in [3.8, 4) is 0 Å². The summed E-state index contributed by atoms with van der Waals surface area (Å²) in [5.41, 5.74) is -1.35. The van der Waals surface area contributed by atoms with Crippen molar-refractivity contribution < 1.29 is 22.7 Å². The van der Waals surface area contributed by atoms with E-state index in [1.807, 2.05) is 0 Å². The minimum absolute atomic E-state index is 0.0428. The maximum Gasteiger partial charge on any atom is 0.416 e. The molecule has 0 bridgehead atoms. The molecule has 1 aromatic heterocycles. The summed E-state index contributed by atoms with van der Waals surface area (Å²) in [4.78, 5) is 7.45. The van der Waals surface area contributed by atoms with Crippen LogP contribution in [0.5, 0.6) is 0 Å². The number of rotatable bonds is 2. The third-order valence-corrected chi connectivity index (χ3v) is 2.43. The molecule has 0 fully saturated rings. The third kappa shape index (κ3) is 3.05.